The molecule has 0 amide bonds. The Balaban J connectivity index is 0.000000555. The van der Waals surface area contributed by atoms with Gasteiger partial charge in [0.1, 0.15) is 32.0 Å². The zero-order chi connectivity index (χ0) is 60.4. The van der Waals surface area contributed by atoms with Crippen molar-refractivity contribution in [2.45, 2.75) is 220 Å². The van der Waals surface area contributed by atoms with Crippen LogP contribution in [0.1, 0.15) is 186 Å². The van der Waals surface area contributed by atoms with Crippen LogP contribution in [0.4, 0.5) is 0 Å². The topological polar surface area (TPSA) is 248 Å². The molecule has 5 unspecified atom stereocenters. The average molecular weight is 1150 g/mol. The van der Waals surface area contributed by atoms with E-state index < -0.39 is 30.0 Å². The molecule has 0 bridgehead atoms. The second kappa shape index (κ2) is 49.1. The summed E-state index contributed by atoms with van der Waals surface area (Å²) in [7, 11) is 0. The molecule has 17 nitrogen and oxygen atoms in total. The molecule has 0 aromatic heterocycles. The molecular weight excluding hydrogens is 1050 g/mol. The lowest BCUT2D eigenvalue weighted by molar-refractivity contribution is -0.151. The Kier molecular flexibility index (Phi) is 44.0. The van der Waals surface area contributed by atoms with E-state index in [2.05, 4.69) is 32.4 Å². The minimum Gasteiger partial charge on any atom is -0.462 e. The van der Waals surface area contributed by atoms with E-state index in [1.807, 2.05) is 91.0 Å². The predicted molar refractivity (Wildman–Crippen MR) is 312 cm³/mol. The van der Waals surface area contributed by atoms with E-state index in [1.54, 1.807) is 0 Å². The molecule has 3 aromatic rings. The largest absolute Gasteiger partial charge is 0.462 e. The summed E-state index contributed by atoms with van der Waals surface area (Å²) in [5.41, 5.74) is 2.92. The van der Waals surface area contributed by atoms with Gasteiger partial charge in [-0.25, -0.2) is 19.2 Å². The van der Waals surface area contributed by atoms with Crippen LogP contribution < -0.4 is 0 Å². The minimum atomic E-state index is -0.765. The monoisotopic (exact) mass is 1150 g/mol. The Morgan fingerprint density at radius 3 is 1.54 bits per heavy atom. The van der Waals surface area contributed by atoms with Crippen molar-refractivity contribution in [3.63, 3.8) is 0 Å². The highest BCUT2D eigenvalue weighted by Crippen LogP contribution is 2.19. The maximum absolute atomic E-state index is 12.0. The van der Waals surface area contributed by atoms with E-state index in [0.29, 0.717) is 44.8 Å². The van der Waals surface area contributed by atoms with Gasteiger partial charge in [-0.3, -0.25) is 14.4 Å². The molecule has 6 rings (SSSR count). The lowest BCUT2D eigenvalue weighted by Crippen LogP contribution is -2.18. The molecule has 3 aromatic carbocycles. The average Bonchev–Trinajstić information content (AvgIpc) is 4.23. The van der Waals surface area contributed by atoms with E-state index in [9.17, 15) is 38.7 Å². The summed E-state index contributed by atoms with van der Waals surface area (Å²) in [5.74, 6) is -2.88. The Hall–Kier alpha value is -6.53. The molecule has 17 heteroatoms. The molecular formula is C65H94O17. The lowest BCUT2D eigenvalue weighted by atomic mass is 10.1. The van der Waals surface area contributed by atoms with Gasteiger partial charge in [-0.05, 0) is 101 Å². The maximum Gasteiger partial charge on any atom is 0.338 e. The van der Waals surface area contributed by atoms with Crippen molar-refractivity contribution in [3.05, 3.63) is 132 Å². The van der Waals surface area contributed by atoms with Crippen molar-refractivity contribution in [1.29, 1.82) is 0 Å². The van der Waals surface area contributed by atoms with E-state index in [-0.39, 0.29) is 56.0 Å². The lowest BCUT2D eigenvalue weighted by Gasteiger charge is -2.16. The molecule has 5 atom stereocenters. The highest BCUT2D eigenvalue weighted by Gasteiger charge is 2.18. The minimum absolute atomic E-state index is 0.00797. The zero-order valence-corrected chi connectivity index (χ0v) is 49.3. The zero-order valence-electron chi connectivity index (χ0n) is 49.3. The second-order valence-electron chi connectivity index (χ2n) is 20.0. The summed E-state index contributed by atoms with van der Waals surface area (Å²) in [5, 5.41) is 27.3. The van der Waals surface area contributed by atoms with Gasteiger partial charge < -0.3 is 48.5 Å². The number of ether oxygens (including phenoxy) is 7. The smallest absolute Gasteiger partial charge is 0.338 e. The van der Waals surface area contributed by atoms with Crippen molar-refractivity contribution in [2.24, 2.45) is 0 Å². The van der Waals surface area contributed by atoms with Gasteiger partial charge in [0.05, 0.1) is 31.5 Å². The van der Waals surface area contributed by atoms with Gasteiger partial charge in [0.2, 0.25) is 0 Å². The van der Waals surface area contributed by atoms with Crippen LogP contribution in [-0.2, 0) is 86.5 Å². The summed E-state index contributed by atoms with van der Waals surface area (Å²) >= 11 is 0. The number of epoxide rings is 1. The van der Waals surface area contributed by atoms with E-state index in [4.69, 9.17) is 38.6 Å². The summed E-state index contributed by atoms with van der Waals surface area (Å²) in [6.45, 7) is 11.5. The molecule has 0 spiro atoms. The summed E-state index contributed by atoms with van der Waals surface area (Å²) in [4.78, 5) is 77.7. The maximum atomic E-state index is 12.0. The number of unbranched alkanes of at least 4 members (excludes halogenated alkanes) is 5. The van der Waals surface area contributed by atoms with Crippen molar-refractivity contribution in [2.75, 3.05) is 13.2 Å². The van der Waals surface area contributed by atoms with Crippen LogP contribution in [0, 0.1) is 0 Å². The number of hydrogen-bond acceptors (Lipinski definition) is 17. The fourth-order valence-corrected chi connectivity index (χ4v) is 7.34. The fourth-order valence-electron chi connectivity index (χ4n) is 7.34. The van der Waals surface area contributed by atoms with E-state index in [0.717, 1.165) is 137 Å². The first-order chi connectivity index (χ1) is 39.6. The third-order valence-electron chi connectivity index (χ3n) is 12.1. The van der Waals surface area contributed by atoms with Gasteiger partial charge in [0.25, 0.3) is 0 Å². The Bertz CT molecular complexity index is 2190. The SMILES string of the molecule is CC1CO1.CCCCC(CCCCC(=O)OCc1ccccc1)OC(=O)/C=C\C(=O)OCC(C)O.CCCCC(O)CCCCC(=O)OCc1ccccc1.CCCCC1CCCCC(=O)O1.O=C1C=CC(=O)O1.OCc1ccccc1. The quantitative estimate of drug-likeness (QED) is 0.0146. The number of cyclic esters (lactones) is 3. The summed E-state index contributed by atoms with van der Waals surface area (Å²) in [6, 6.07) is 28.7. The van der Waals surface area contributed by atoms with Crippen LogP contribution in [0.5, 0.6) is 0 Å². The van der Waals surface area contributed by atoms with Crippen molar-refractivity contribution in [3.8, 4) is 0 Å². The second-order valence-corrected chi connectivity index (χ2v) is 20.0. The third kappa shape index (κ3) is 45.1. The number of hydrogen-bond donors (Lipinski definition) is 3. The van der Waals surface area contributed by atoms with Crippen LogP contribution in [0.3, 0.4) is 0 Å². The van der Waals surface area contributed by atoms with Crippen molar-refractivity contribution in [1.82, 2.24) is 0 Å². The molecule has 0 radical (unpaired) electrons. The molecule has 0 saturated carbocycles. The number of benzene rings is 3. The molecule has 0 aliphatic carbocycles. The Morgan fingerprint density at radius 2 is 1.09 bits per heavy atom. The van der Waals surface area contributed by atoms with Crippen LogP contribution in [0.2, 0.25) is 0 Å². The first-order valence-electron chi connectivity index (χ1n) is 29.3. The molecule has 3 N–H and O–H groups in total. The summed E-state index contributed by atoms with van der Waals surface area (Å²) < 4.78 is 34.6. The van der Waals surface area contributed by atoms with Crippen LogP contribution in [-0.4, -0.2) is 101 Å². The van der Waals surface area contributed by atoms with Crippen LogP contribution >= 0.6 is 0 Å². The van der Waals surface area contributed by atoms with Crippen LogP contribution in [0.15, 0.2) is 115 Å². The highest BCUT2D eigenvalue weighted by molar-refractivity contribution is 6.04. The predicted octanol–water partition coefficient (Wildman–Crippen LogP) is 11.6. The van der Waals surface area contributed by atoms with Crippen molar-refractivity contribution < 1.29 is 82.0 Å². The van der Waals surface area contributed by atoms with Gasteiger partial charge in [-0.1, -0.05) is 157 Å². The van der Waals surface area contributed by atoms with Gasteiger partial charge in [0.15, 0.2) is 0 Å². The number of esters is 7. The molecule has 2 fully saturated rings. The Labute approximate surface area is 487 Å². The van der Waals surface area contributed by atoms with Gasteiger partial charge in [-0.15, -0.1) is 0 Å². The van der Waals surface area contributed by atoms with Crippen LogP contribution in [0.25, 0.3) is 0 Å². The number of aliphatic hydroxyl groups excluding tert-OH is 3. The molecule has 3 aliphatic heterocycles. The molecule has 3 aliphatic rings. The molecule has 2 saturated heterocycles. The summed E-state index contributed by atoms with van der Waals surface area (Å²) in [6.07, 6.45) is 21.9. The number of aliphatic hydroxyl groups is 3. The first-order valence-corrected chi connectivity index (χ1v) is 29.3. The van der Waals surface area contributed by atoms with E-state index in [1.165, 1.54) is 19.8 Å². The normalized spacial score (nSPS) is 15.8. The standard InChI is InChI=1S/C24H34O7.C17H26O3.C10H18O2.C7H8O.C4H2O3.C3H6O/c1-3-4-12-21(31-24(28)16-15-23(27)29-17-19(2)25)13-8-9-14-22(26)30-18-20-10-6-5-7-11-20;1-2-3-11-16(18)12-7-8-13-17(19)20-14-15-9-5-4-6-10-15;1-2-3-6-9-7-4-5-8-10(11)12-9;8-6-7-4-2-1-3-5-7;5-3-1-2-4(6)7-3;1-3-2-4-3/h5-7,10-11,15-16,19,21,25H,3-4,8-9,12-14,17-18H2,1-2H3;4-6,9-10,16,18H,2-3,7-8,11-14H2,1H3;9H,2-8H2,1H3;1-5,8H,6H2;1-2H;3H,2H2,1H3/b16-15-;;;;;. The van der Waals surface area contributed by atoms with Gasteiger partial charge in [-0.2, -0.15) is 0 Å². The molecule has 3 heterocycles. The Morgan fingerprint density at radius 1 is 0.622 bits per heavy atom. The van der Waals surface area contributed by atoms with Gasteiger partial charge in [0, 0.05) is 43.6 Å². The molecule has 456 valence electrons. The molecule has 82 heavy (non-hydrogen) atoms. The van der Waals surface area contributed by atoms with Crippen molar-refractivity contribution >= 4 is 41.8 Å². The number of carbonyl (C=O) groups is 7. The number of rotatable bonds is 29. The number of carbonyl (C=O) groups excluding carboxylic acids is 7. The van der Waals surface area contributed by atoms with E-state index >= 15 is 0 Å². The first kappa shape index (κ1) is 73.5. The van der Waals surface area contributed by atoms with Gasteiger partial charge >= 0.3 is 41.8 Å². The highest BCUT2D eigenvalue weighted by atomic mass is 16.6. The third-order valence-corrected chi connectivity index (χ3v) is 12.1. The fraction of sp³-hybridized carbons (Fsp3) is 0.554.